The molecule has 0 aromatic heterocycles. The van der Waals surface area contributed by atoms with Crippen molar-refractivity contribution >= 4 is 27.7 Å². The quantitative estimate of drug-likeness (QED) is 0.856. The molecular formula is C11H11BrO3. The van der Waals surface area contributed by atoms with E-state index >= 15 is 0 Å². The fraction of sp³-hybridized carbons (Fsp3) is 0.273. The highest BCUT2D eigenvalue weighted by Crippen LogP contribution is 2.20. The molecule has 0 aliphatic rings. The number of carbonyl (C=O) groups is 2. The number of benzene rings is 1. The van der Waals surface area contributed by atoms with Crippen LogP contribution in [0, 0.1) is 0 Å². The number of carboxylic acids is 1. The smallest absolute Gasteiger partial charge is 0.307 e. The zero-order valence-corrected chi connectivity index (χ0v) is 9.87. The van der Waals surface area contributed by atoms with Gasteiger partial charge in [-0.25, -0.2) is 0 Å². The van der Waals surface area contributed by atoms with Crippen LogP contribution in [0.15, 0.2) is 22.7 Å². The topological polar surface area (TPSA) is 54.4 Å². The molecule has 0 amide bonds. The first-order valence-electron chi connectivity index (χ1n) is 4.58. The Morgan fingerprint density at radius 3 is 2.53 bits per heavy atom. The van der Waals surface area contributed by atoms with E-state index in [0.29, 0.717) is 22.0 Å². The van der Waals surface area contributed by atoms with Gasteiger partial charge in [0.05, 0.1) is 6.42 Å². The van der Waals surface area contributed by atoms with Crippen LogP contribution in [-0.4, -0.2) is 16.9 Å². The van der Waals surface area contributed by atoms with Gasteiger partial charge in [0, 0.05) is 16.5 Å². The lowest BCUT2D eigenvalue weighted by Crippen LogP contribution is -2.02. The first-order chi connectivity index (χ1) is 7.04. The van der Waals surface area contributed by atoms with Crippen LogP contribution in [0.2, 0.25) is 0 Å². The third-order valence-corrected chi connectivity index (χ3v) is 2.67. The molecule has 1 rings (SSSR count). The van der Waals surface area contributed by atoms with Crippen molar-refractivity contribution in [2.24, 2.45) is 0 Å². The summed E-state index contributed by atoms with van der Waals surface area (Å²) in [5, 5.41) is 8.60. The molecule has 1 aromatic carbocycles. The highest BCUT2D eigenvalue weighted by molar-refractivity contribution is 9.10. The van der Waals surface area contributed by atoms with Gasteiger partial charge in [-0.2, -0.15) is 0 Å². The number of rotatable bonds is 4. The van der Waals surface area contributed by atoms with E-state index in [2.05, 4.69) is 15.9 Å². The monoisotopic (exact) mass is 270 g/mol. The van der Waals surface area contributed by atoms with E-state index in [1.165, 1.54) is 0 Å². The van der Waals surface area contributed by atoms with E-state index in [-0.39, 0.29) is 12.2 Å². The lowest BCUT2D eigenvalue weighted by molar-refractivity contribution is -0.136. The Bertz CT molecular complexity index is 399. The Balaban J connectivity index is 2.97. The maximum Gasteiger partial charge on any atom is 0.307 e. The Morgan fingerprint density at radius 1 is 1.40 bits per heavy atom. The Hall–Kier alpha value is -1.16. The van der Waals surface area contributed by atoms with E-state index < -0.39 is 5.97 Å². The number of carbonyl (C=O) groups excluding carboxylic acids is 1. The number of aliphatic carboxylic acids is 1. The number of carboxylic acid groups (broad SMARTS) is 1. The molecule has 1 N–H and O–H groups in total. The van der Waals surface area contributed by atoms with Crippen LogP contribution >= 0.6 is 15.9 Å². The second-order valence-corrected chi connectivity index (χ2v) is 4.02. The number of Topliss-reactive ketones (excluding diaryl/α,β-unsaturated/α-hetero) is 1. The lowest BCUT2D eigenvalue weighted by Gasteiger charge is -2.04. The molecule has 0 atom stereocenters. The van der Waals surface area contributed by atoms with Gasteiger partial charge < -0.3 is 5.11 Å². The van der Waals surface area contributed by atoms with Crippen LogP contribution in [0.3, 0.4) is 0 Å². The molecule has 0 aliphatic carbocycles. The summed E-state index contributed by atoms with van der Waals surface area (Å²) in [6.45, 7) is 1.79. The normalized spacial score (nSPS) is 10.0. The summed E-state index contributed by atoms with van der Waals surface area (Å²) in [6, 6.07) is 5.01. The van der Waals surface area contributed by atoms with Crippen molar-refractivity contribution in [1.82, 2.24) is 0 Å². The number of hydrogen-bond donors (Lipinski definition) is 1. The van der Waals surface area contributed by atoms with Gasteiger partial charge in [-0.15, -0.1) is 0 Å². The average Bonchev–Trinajstić information content (AvgIpc) is 2.16. The summed E-state index contributed by atoms with van der Waals surface area (Å²) in [6.07, 6.45) is 0.413. The molecule has 0 unspecified atom stereocenters. The van der Waals surface area contributed by atoms with E-state index in [1.807, 2.05) is 0 Å². The summed E-state index contributed by atoms with van der Waals surface area (Å²) in [5.41, 5.74) is 1.29. The summed E-state index contributed by atoms with van der Waals surface area (Å²) in [5.74, 6) is -0.833. The molecule has 0 fully saturated rings. The van der Waals surface area contributed by atoms with Crippen LogP contribution in [0.1, 0.15) is 29.3 Å². The first kappa shape index (κ1) is 11.9. The Kier molecular flexibility index (Phi) is 4.03. The van der Waals surface area contributed by atoms with Crippen LogP contribution in [0.5, 0.6) is 0 Å². The van der Waals surface area contributed by atoms with Gasteiger partial charge in [-0.3, -0.25) is 9.59 Å². The molecular weight excluding hydrogens is 260 g/mol. The minimum absolute atomic E-state index is 0.0286. The summed E-state index contributed by atoms with van der Waals surface area (Å²) >= 11 is 3.26. The standard InChI is InChI=1S/C11H11BrO3/c1-2-10(13)8-4-3-7(5-9(8)12)6-11(14)15/h3-5H,2,6H2,1H3,(H,14,15). The van der Waals surface area contributed by atoms with Gasteiger partial charge >= 0.3 is 5.97 Å². The molecule has 15 heavy (non-hydrogen) atoms. The molecule has 80 valence electrons. The van der Waals surface area contributed by atoms with E-state index in [9.17, 15) is 9.59 Å². The Labute approximate surface area is 96.2 Å². The van der Waals surface area contributed by atoms with E-state index in [4.69, 9.17) is 5.11 Å². The molecule has 3 nitrogen and oxygen atoms in total. The van der Waals surface area contributed by atoms with Gasteiger partial charge in [0.25, 0.3) is 0 Å². The molecule has 0 saturated heterocycles. The van der Waals surface area contributed by atoms with Crippen LogP contribution < -0.4 is 0 Å². The second kappa shape index (κ2) is 5.07. The van der Waals surface area contributed by atoms with Crippen molar-refractivity contribution in [3.8, 4) is 0 Å². The Morgan fingerprint density at radius 2 is 2.07 bits per heavy atom. The zero-order chi connectivity index (χ0) is 11.4. The van der Waals surface area contributed by atoms with Crippen molar-refractivity contribution in [3.63, 3.8) is 0 Å². The van der Waals surface area contributed by atoms with Crippen LogP contribution in [0.4, 0.5) is 0 Å². The minimum Gasteiger partial charge on any atom is -0.481 e. The molecule has 0 aliphatic heterocycles. The molecule has 0 spiro atoms. The van der Waals surface area contributed by atoms with E-state index in [1.54, 1.807) is 25.1 Å². The maximum atomic E-state index is 11.4. The largest absolute Gasteiger partial charge is 0.481 e. The third-order valence-electron chi connectivity index (χ3n) is 2.01. The fourth-order valence-electron chi connectivity index (χ4n) is 1.26. The van der Waals surface area contributed by atoms with Gasteiger partial charge in [-0.1, -0.05) is 28.9 Å². The molecule has 0 radical (unpaired) electrons. The maximum absolute atomic E-state index is 11.4. The highest BCUT2D eigenvalue weighted by Gasteiger charge is 2.09. The summed E-state index contributed by atoms with van der Waals surface area (Å²) in [4.78, 5) is 21.9. The van der Waals surface area contributed by atoms with Crippen molar-refractivity contribution < 1.29 is 14.7 Å². The summed E-state index contributed by atoms with van der Waals surface area (Å²) in [7, 11) is 0. The molecule has 1 aromatic rings. The van der Waals surface area contributed by atoms with Crippen molar-refractivity contribution in [2.75, 3.05) is 0 Å². The predicted molar refractivity (Wildman–Crippen MR) is 60.1 cm³/mol. The third kappa shape index (κ3) is 3.16. The van der Waals surface area contributed by atoms with Crippen molar-refractivity contribution in [2.45, 2.75) is 19.8 Å². The summed E-state index contributed by atoms with van der Waals surface area (Å²) < 4.78 is 0.660. The first-order valence-corrected chi connectivity index (χ1v) is 5.37. The fourth-order valence-corrected chi connectivity index (χ4v) is 1.91. The van der Waals surface area contributed by atoms with E-state index in [0.717, 1.165) is 0 Å². The second-order valence-electron chi connectivity index (χ2n) is 3.16. The molecule has 0 bridgehead atoms. The van der Waals surface area contributed by atoms with Gasteiger partial charge in [-0.05, 0) is 17.7 Å². The molecule has 0 saturated carbocycles. The predicted octanol–water partition coefficient (Wildman–Crippen LogP) is 2.67. The highest BCUT2D eigenvalue weighted by atomic mass is 79.9. The van der Waals surface area contributed by atoms with Crippen LogP contribution in [-0.2, 0) is 11.2 Å². The molecule has 0 heterocycles. The van der Waals surface area contributed by atoms with Gasteiger partial charge in [0.1, 0.15) is 0 Å². The SMILES string of the molecule is CCC(=O)c1ccc(CC(=O)O)cc1Br. The van der Waals surface area contributed by atoms with Crippen molar-refractivity contribution in [3.05, 3.63) is 33.8 Å². The van der Waals surface area contributed by atoms with Gasteiger partial charge in [0.2, 0.25) is 0 Å². The number of halogens is 1. The zero-order valence-electron chi connectivity index (χ0n) is 8.29. The van der Waals surface area contributed by atoms with Crippen LogP contribution in [0.25, 0.3) is 0 Å². The number of hydrogen-bond acceptors (Lipinski definition) is 2. The minimum atomic E-state index is -0.878. The van der Waals surface area contributed by atoms with Gasteiger partial charge in [0.15, 0.2) is 5.78 Å². The number of ketones is 1. The lowest BCUT2D eigenvalue weighted by atomic mass is 10.1. The average molecular weight is 271 g/mol. The molecule has 4 heteroatoms. The van der Waals surface area contributed by atoms with Crippen molar-refractivity contribution in [1.29, 1.82) is 0 Å².